The van der Waals surface area contributed by atoms with Gasteiger partial charge in [0.15, 0.2) is 0 Å². The van der Waals surface area contributed by atoms with Crippen LogP contribution in [-0.4, -0.2) is 0 Å². The van der Waals surface area contributed by atoms with Gasteiger partial charge in [-0.15, -0.1) is 0 Å². The maximum Gasteiger partial charge on any atom is 0.123 e. The van der Waals surface area contributed by atoms with Crippen molar-refractivity contribution in [2.45, 2.75) is 13.0 Å². The minimum absolute atomic E-state index is 0.272. The molecule has 0 aliphatic heterocycles. The molecule has 0 radical (unpaired) electrons. The first-order chi connectivity index (χ1) is 8.08. The summed E-state index contributed by atoms with van der Waals surface area (Å²) in [4.78, 5) is 0. The zero-order valence-electron chi connectivity index (χ0n) is 9.45. The third kappa shape index (κ3) is 2.73. The molecule has 17 heavy (non-hydrogen) atoms. The van der Waals surface area contributed by atoms with E-state index in [0.29, 0.717) is 0 Å². The van der Waals surface area contributed by atoms with Gasteiger partial charge in [0.25, 0.3) is 0 Å². The first-order valence-electron chi connectivity index (χ1n) is 5.35. The van der Waals surface area contributed by atoms with Gasteiger partial charge in [-0.2, -0.15) is 0 Å². The van der Waals surface area contributed by atoms with Gasteiger partial charge in [0.05, 0.1) is 6.04 Å². The molecule has 0 amide bonds. The molecule has 0 heterocycles. The first-order valence-corrected chi connectivity index (χ1v) is 6.14. The van der Waals surface area contributed by atoms with E-state index < -0.39 is 0 Å². The Labute approximate surface area is 109 Å². The molecule has 88 valence electrons. The largest absolute Gasteiger partial charge is 0.320 e. The van der Waals surface area contributed by atoms with E-state index in [2.05, 4.69) is 15.9 Å². The van der Waals surface area contributed by atoms with E-state index >= 15 is 0 Å². The highest BCUT2D eigenvalue weighted by Crippen LogP contribution is 2.27. The molecule has 2 rings (SSSR count). The average molecular weight is 294 g/mol. The second kappa shape index (κ2) is 4.98. The number of benzene rings is 2. The summed E-state index contributed by atoms with van der Waals surface area (Å²) in [5, 5.41) is 0. The summed E-state index contributed by atoms with van der Waals surface area (Å²) >= 11 is 3.40. The van der Waals surface area contributed by atoms with E-state index in [-0.39, 0.29) is 11.9 Å². The molecule has 0 bridgehead atoms. The Balaban J connectivity index is 2.39. The van der Waals surface area contributed by atoms with Crippen molar-refractivity contribution in [1.82, 2.24) is 0 Å². The quantitative estimate of drug-likeness (QED) is 0.892. The Morgan fingerprint density at radius 1 is 1.12 bits per heavy atom. The number of rotatable bonds is 2. The molecular formula is C14H13BrFN. The minimum atomic E-state index is -0.319. The van der Waals surface area contributed by atoms with Crippen molar-refractivity contribution in [3.05, 3.63) is 69.4 Å². The van der Waals surface area contributed by atoms with E-state index in [0.717, 1.165) is 15.6 Å². The van der Waals surface area contributed by atoms with Crippen LogP contribution in [0, 0.1) is 12.7 Å². The number of aryl methyl sites for hydroxylation is 1. The number of halogens is 2. The lowest BCUT2D eigenvalue weighted by Gasteiger charge is -2.14. The second-order valence-electron chi connectivity index (χ2n) is 4.05. The number of hydrogen-bond acceptors (Lipinski definition) is 1. The molecule has 0 saturated heterocycles. The summed E-state index contributed by atoms with van der Waals surface area (Å²) < 4.78 is 14.0. The summed E-state index contributed by atoms with van der Waals surface area (Å²) in [6.45, 7) is 2.02. The Bertz CT molecular complexity index is 522. The zero-order chi connectivity index (χ0) is 12.4. The first kappa shape index (κ1) is 12.3. The topological polar surface area (TPSA) is 26.0 Å². The van der Waals surface area contributed by atoms with Gasteiger partial charge >= 0.3 is 0 Å². The lowest BCUT2D eigenvalue weighted by atomic mass is 9.99. The van der Waals surface area contributed by atoms with E-state index in [1.807, 2.05) is 31.2 Å². The van der Waals surface area contributed by atoms with Gasteiger partial charge in [0, 0.05) is 4.47 Å². The Morgan fingerprint density at radius 2 is 1.76 bits per heavy atom. The third-order valence-electron chi connectivity index (χ3n) is 2.73. The standard InChI is InChI=1S/C14H13BrFN/c1-9-2-4-10(5-3-9)14(17)12-8-11(16)6-7-13(12)15/h2-8,14H,17H2,1H3. The Hall–Kier alpha value is -1.19. The van der Waals surface area contributed by atoms with E-state index in [1.54, 1.807) is 6.07 Å². The van der Waals surface area contributed by atoms with Crippen molar-refractivity contribution in [3.63, 3.8) is 0 Å². The van der Waals surface area contributed by atoms with Crippen molar-refractivity contribution < 1.29 is 4.39 Å². The predicted molar refractivity (Wildman–Crippen MR) is 71.3 cm³/mol. The predicted octanol–water partition coefficient (Wildman–Crippen LogP) is 3.94. The van der Waals surface area contributed by atoms with Crippen LogP contribution in [0.3, 0.4) is 0 Å². The van der Waals surface area contributed by atoms with Crippen LogP contribution >= 0.6 is 15.9 Å². The molecule has 2 N–H and O–H groups in total. The lowest BCUT2D eigenvalue weighted by molar-refractivity contribution is 0.623. The molecule has 1 nitrogen and oxygen atoms in total. The zero-order valence-corrected chi connectivity index (χ0v) is 11.0. The van der Waals surface area contributed by atoms with E-state index in [1.165, 1.54) is 17.7 Å². The lowest BCUT2D eigenvalue weighted by Crippen LogP contribution is -2.12. The molecule has 1 atom stereocenters. The van der Waals surface area contributed by atoms with Gasteiger partial charge in [0.1, 0.15) is 5.82 Å². The van der Waals surface area contributed by atoms with Crippen LogP contribution in [0.25, 0.3) is 0 Å². The fraction of sp³-hybridized carbons (Fsp3) is 0.143. The summed E-state index contributed by atoms with van der Waals surface area (Å²) in [5.74, 6) is -0.272. The van der Waals surface area contributed by atoms with Crippen molar-refractivity contribution in [2.75, 3.05) is 0 Å². The molecule has 0 aromatic heterocycles. The van der Waals surface area contributed by atoms with Crippen LogP contribution in [-0.2, 0) is 0 Å². The van der Waals surface area contributed by atoms with Crippen molar-refractivity contribution >= 4 is 15.9 Å². The Morgan fingerprint density at radius 3 is 2.41 bits per heavy atom. The van der Waals surface area contributed by atoms with Crippen LogP contribution in [0.2, 0.25) is 0 Å². The van der Waals surface area contributed by atoms with Crippen LogP contribution in [0.4, 0.5) is 4.39 Å². The highest BCUT2D eigenvalue weighted by Gasteiger charge is 2.12. The number of nitrogens with two attached hydrogens (primary N) is 1. The summed E-state index contributed by atoms with van der Waals surface area (Å²) in [6, 6.07) is 12.2. The van der Waals surface area contributed by atoms with E-state index in [9.17, 15) is 4.39 Å². The van der Waals surface area contributed by atoms with Crippen molar-refractivity contribution in [1.29, 1.82) is 0 Å². The maximum atomic E-state index is 13.2. The molecule has 1 unspecified atom stereocenters. The van der Waals surface area contributed by atoms with E-state index in [4.69, 9.17) is 5.73 Å². The van der Waals surface area contributed by atoms with Gasteiger partial charge in [-0.25, -0.2) is 4.39 Å². The summed E-state index contributed by atoms with van der Waals surface area (Å²) in [5.41, 5.74) is 9.05. The van der Waals surface area contributed by atoms with Crippen LogP contribution in [0.5, 0.6) is 0 Å². The minimum Gasteiger partial charge on any atom is -0.320 e. The normalized spacial score (nSPS) is 12.5. The molecule has 0 fully saturated rings. The molecular weight excluding hydrogens is 281 g/mol. The molecule has 3 heteroatoms. The van der Waals surface area contributed by atoms with Crippen LogP contribution in [0.1, 0.15) is 22.7 Å². The highest BCUT2D eigenvalue weighted by atomic mass is 79.9. The fourth-order valence-electron chi connectivity index (χ4n) is 1.71. The molecule has 2 aromatic carbocycles. The van der Waals surface area contributed by atoms with Crippen LogP contribution in [0.15, 0.2) is 46.9 Å². The van der Waals surface area contributed by atoms with Gasteiger partial charge in [-0.1, -0.05) is 45.8 Å². The maximum absolute atomic E-state index is 13.2. The monoisotopic (exact) mass is 293 g/mol. The molecule has 0 aliphatic rings. The van der Waals surface area contributed by atoms with Gasteiger partial charge < -0.3 is 5.73 Å². The smallest absolute Gasteiger partial charge is 0.123 e. The molecule has 0 spiro atoms. The van der Waals surface area contributed by atoms with Crippen LogP contribution < -0.4 is 5.73 Å². The second-order valence-corrected chi connectivity index (χ2v) is 4.91. The average Bonchev–Trinajstić information content (AvgIpc) is 2.32. The van der Waals surface area contributed by atoms with Gasteiger partial charge in [-0.05, 0) is 36.2 Å². The van der Waals surface area contributed by atoms with Crippen molar-refractivity contribution in [3.8, 4) is 0 Å². The van der Waals surface area contributed by atoms with Gasteiger partial charge in [0.2, 0.25) is 0 Å². The summed E-state index contributed by atoms with van der Waals surface area (Å²) in [7, 11) is 0. The summed E-state index contributed by atoms with van der Waals surface area (Å²) in [6.07, 6.45) is 0. The number of hydrogen-bond donors (Lipinski definition) is 1. The highest BCUT2D eigenvalue weighted by molar-refractivity contribution is 9.10. The SMILES string of the molecule is Cc1ccc(C(N)c2cc(F)ccc2Br)cc1. The van der Waals surface area contributed by atoms with Gasteiger partial charge in [-0.3, -0.25) is 0 Å². The molecule has 0 saturated carbocycles. The fourth-order valence-corrected chi connectivity index (χ4v) is 2.20. The Kier molecular flexibility index (Phi) is 3.60. The third-order valence-corrected chi connectivity index (χ3v) is 3.45. The van der Waals surface area contributed by atoms with Crippen molar-refractivity contribution in [2.24, 2.45) is 5.73 Å². The molecule has 0 aliphatic carbocycles. The molecule has 2 aromatic rings.